The van der Waals surface area contributed by atoms with Crippen LogP contribution < -0.4 is 5.32 Å². The molecule has 0 amide bonds. The van der Waals surface area contributed by atoms with Crippen LogP contribution in [0.4, 0.5) is 0 Å². The van der Waals surface area contributed by atoms with Crippen LogP contribution in [-0.4, -0.2) is 16.7 Å². The summed E-state index contributed by atoms with van der Waals surface area (Å²) in [5.41, 5.74) is 0. The average Bonchev–Trinajstić information content (AvgIpc) is 2.95. The Morgan fingerprint density at radius 3 is 2.83 bits per heavy atom. The van der Waals surface area contributed by atoms with Crippen molar-refractivity contribution in [3.63, 3.8) is 0 Å². The average molecular weight is 265 g/mol. The number of aryl methyl sites for hydroxylation is 1. The van der Waals surface area contributed by atoms with Crippen molar-refractivity contribution in [2.75, 3.05) is 6.54 Å². The van der Waals surface area contributed by atoms with Gasteiger partial charge in [0.05, 0.1) is 0 Å². The highest BCUT2D eigenvalue weighted by atomic mass is 32.1. The molecule has 98 valence electrons. The van der Waals surface area contributed by atoms with E-state index in [1.54, 1.807) is 11.3 Å². The molecule has 0 bridgehead atoms. The van der Waals surface area contributed by atoms with Crippen LogP contribution in [0.15, 0.2) is 22.0 Å². The maximum absolute atomic E-state index is 5.10. The molecule has 0 saturated carbocycles. The summed E-state index contributed by atoms with van der Waals surface area (Å²) in [5.74, 6) is 1.96. The van der Waals surface area contributed by atoms with Gasteiger partial charge < -0.3 is 9.84 Å². The number of hydrogen-bond acceptors (Lipinski definition) is 5. The molecular formula is C13H19N3OS. The van der Waals surface area contributed by atoms with Gasteiger partial charge in [-0.25, -0.2) is 0 Å². The van der Waals surface area contributed by atoms with Gasteiger partial charge >= 0.3 is 0 Å². The number of thiophene rings is 1. The Labute approximate surface area is 111 Å². The third-order valence-corrected chi connectivity index (χ3v) is 3.74. The van der Waals surface area contributed by atoms with E-state index in [0.717, 1.165) is 13.0 Å². The first-order chi connectivity index (χ1) is 8.66. The van der Waals surface area contributed by atoms with Crippen LogP contribution in [0.1, 0.15) is 36.5 Å². The van der Waals surface area contributed by atoms with Crippen molar-refractivity contribution in [1.29, 1.82) is 0 Å². The van der Waals surface area contributed by atoms with Gasteiger partial charge in [0.1, 0.15) is 0 Å². The quantitative estimate of drug-likeness (QED) is 0.872. The molecule has 18 heavy (non-hydrogen) atoms. The van der Waals surface area contributed by atoms with Gasteiger partial charge in [0.2, 0.25) is 5.89 Å². The van der Waals surface area contributed by atoms with Crippen LogP contribution in [0, 0.1) is 12.8 Å². The normalized spacial score (nSPS) is 13.1. The highest BCUT2D eigenvalue weighted by Gasteiger charge is 2.16. The molecule has 1 atom stereocenters. The second-order valence-corrected chi connectivity index (χ2v) is 5.66. The van der Waals surface area contributed by atoms with Gasteiger partial charge in [-0.2, -0.15) is 4.98 Å². The predicted molar refractivity (Wildman–Crippen MR) is 72.6 cm³/mol. The Hall–Kier alpha value is -1.20. The lowest BCUT2D eigenvalue weighted by atomic mass is 10.0. The van der Waals surface area contributed by atoms with Crippen molar-refractivity contribution < 1.29 is 4.52 Å². The van der Waals surface area contributed by atoms with Crippen LogP contribution >= 0.6 is 11.3 Å². The topological polar surface area (TPSA) is 51.0 Å². The van der Waals surface area contributed by atoms with E-state index in [2.05, 4.69) is 46.8 Å². The molecule has 1 unspecified atom stereocenters. The first-order valence-corrected chi connectivity index (χ1v) is 7.10. The number of rotatable bonds is 6. The summed E-state index contributed by atoms with van der Waals surface area (Å²) >= 11 is 1.80. The van der Waals surface area contributed by atoms with Gasteiger partial charge in [-0.3, -0.25) is 0 Å². The first kappa shape index (κ1) is 13.2. The van der Waals surface area contributed by atoms with Gasteiger partial charge in [-0.1, -0.05) is 25.1 Å². The third-order valence-electron chi connectivity index (χ3n) is 2.79. The maximum atomic E-state index is 5.10. The minimum atomic E-state index is 0.397. The monoisotopic (exact) mass is 265 g/mol. The van der Waals surface area contributed by atoms with Crippen molar-refractivity contribution >= 4 is 11.3 Å². The summed E-state index contributed by atoms with van der Waals surface area (Å²) in [6.45, 7) is 7.15. The number of hydrogen-bond donors (Lipinski definition) is 1. The highest BCUT2D eigenvalue weighted by Crippen LogP contribution is 2.25. The van der Waals surface area contributed by atoms with E-state index in [1.165, 1.54) is 4.88 Å². The number of nitrogens with zero attached hydrogens (tertiary/aromatic N) is 2. The second kappa shape index (κ2) is 6.11. The van der Waals surface area contributed by atoms with Crippen LogP contribution in [0.2, 0.25) is 0 Å². The second-order valence-electron chi connectivity index (χ2n) is 4.68. The zero-order valence-corrected chi connectivity index (χ0v) is 11.8. The molecule has 0 aliphatic heterocycles. The van der Waals surface area contributed by atoms with E-state index >= 15 is 0 Å². The van der Waals surface area contributed by atoms with Gasteiger partial charge in [0, 0.05) is 23.9 Å². The highest BCUT2D eigenvalue weighted by molar-refractivity contribution is 7.10. The zero-order valence-electron chi connectivity index (χ0n) is 11.0. The molecule has 2 aromatic heterocycles. The summed E-state index contributed by atoms with van der Waals surface area (Å²) in [7, 11) is 0. The van der Waals surface area contributed by atoms with Crippen LogP contribution in [0.3, 0.4) is 0 Å². The first-order valence-electron chi connectivity index (χ1n) is 6.23. The van der Waals surface area contributed by atoms with Crippen molar-refractivity contribution in [1.82, 2.24) is 15.5 Å². The maximum Gasteiger partial charge on any atom is 0.227 e. The van der Waals surface area contributed by atoms with Gasteiger partial charge in [-0.15, -0.1) is 11.3 Å². The van der Waals surface area contributed by atoms with Crippen molar-refractivity contribution in [3.8, 4) is 0 Å². The molecule has 0 fully saturated rings. The minimum absolute atomic E-state index is 0.397. The minimum Gasteiger partial charge on any atom is -0.339 e. The molecular weight excluding hydrogens is 246 g/mol. The fourth-order valence-corrected chi connectivity index (χ4v) is 2.88. The molecule has 0 aromatic carbocycles. The van der Waals surface area contributed by atoms with E-state index in [-0.39, 0.29) is 0 Å². The number of nitrogens with one attached hydrogen (secondary N) is 1. The van der Waals surface area contributed by atoms with Crippen LogP contribution in [0.5, 0.6) is 0 Å². The Bertz CT molecular complexity index is 464. The molecule has 1 N–H and O–H groups in total. The lowest BCUT2D eigenvalue weighted by molar-refractivity contribution is 0.360. The Kier molecular flexibility index (Phi) is 4.49. The lowest BCUT2D eigenvalue weighted by Crippen LogP contribution is -2.27. The van der Waals surface area contributed by atoms with Crippen molar-refractivity contribution in [2.45, 2.75) is 33.2 Å². The van der Waals surface area contributed by atoms with E-state index in [0.29, 0.717) is 23.7 Å². The van der Waals surface area contributed by atoms with E-state index in [4.69, 9.17) is 4.52 Å². The van der Waals surface area contributed by atoms with Gasteiger partial charge in [0.25, 0.3) is 0 Å². The molecule has 4 nitrogen and oxygen atoms in total. The van der Waals surface area contributed by atoms with Crippen LogP contribution in [0.25, 0.3) is 0 Å². The van der Waals surface area contributed by atoms with Gasteiger partial charge in [-0.05, 0) is 24.3 Å². The summed E-state index contributed by atoms with van der Waals surface area (Å²) in [6, 6.07) is 4.67. The lowest BCUT2D eigenvalue weighted by Gasteiger charge is -2.20. The van der Waals surface area contributed by atoms with E-state index < -0.39 is 0 Å². The van der Waals surface area contributed by atoms with Crippen molar-refractivity contribution in [2.24, 2.45) is 5.92 Å². The molecule has 0 saturated heterocycles. The molecule has 2 aromatic rings. The SMILES string of the molecule is Cc1noc(CCNC(c2cccs2)C(C)C)n1. The zero-order chi connectivity index (χ0) is 13.0. The van der Waals surface area contributed by atoms with Crippen molar-refractivity contribution in [3.05, 3.63) is 34.1 Å². The summed E-state index contributed by atoms with van der Waals surface area (Å²) < 4.78 is 5.10. The fraction of sp³-hybridized carbons (Fsp3) is 0.538. The predicted octanol–water partition coefficient (Wildman–Crippen LogP) is 2.97. The Morgan fingerprint density at radius 2 is 2.28 bits per heavy atom. The summed E-state index contributed by atoms with van der Waals surface area (Å²) in [4.78, 5) is 5.58. The molecule has 0 radical (unpaired) electrons. The molecule has 0 spiro atoms. The smallest absolute Gasteiger partial charge is 0.227 e. The molecule has 0 aliphatic carbocycles. The number of aromatic nitrogens is 2. The third kappa shape index (κ3) is 3.40. The van der Waals surface area contributed by atoms with E-state index in [9.17, 15) is 0 Å². The Morgan fingerprint density at radius 1 is 1.44 bits per heavy atom. The Balaban J connectivity index is 1.87. The summed E-state index contributed by atoms with van der Waals surface area (Å²) in [6.07, 6.45) is 0.773. The molecule has 2 heterocycles. The molecule has 0 aliphatic rings. The fourth-order valence-electron chi connectivity index (χ4n) is 1.91. The molecule has 5 heteroatoms. The standard InChI is InChI=1S/C13H19N3OS/c1-9(2)13(11-5-4-8-18-11)14-7-6-12-15-10(3)16-17-12/h4-5,8-9,13-14H,6-7H2,1-3H3. The van der Waals surface area contributed by atoms with Gasteiger partial charge in [0.15, 0.2) is 5.82 Å². The van der Waals surface area contributed by atoms with E-state index in [1.807, 2.05) is 6.92 Å². The van der Waals surface area contributed by atoms with Crippen LogP contribution in [-0.2, 0) is 6.42 Å². The largest absolute Gasteiger partial charge is 0.339 e. The molecule has 2 rings (SSSR count). The summed E-state index contributed by atoms with van der Waals surface area (Å²) in [5, 5.41) is 9.47.